The summed E-state index contributed by atoms with van der Waals surface area (Å²) in [6, 6.07) is 5.54. The van der Waals surface area contributed by atoms with Crippen LogP contribution in [0, 0.1) is 0 Å². The van der Waals surface area contributed by atoms with Gasteiger partial charge in [-0.05, 0) is 25.0 Å². The summed E-state index contributed by atoms with van der Waals surface area (Å²) in [6.07, 6.45) is 5.90. The van der Waals surface area contributed by atoms with Gasteiger partial charge in [-0.15, -0.1) is 0 Å². The normalized spacial score (nSPS) is 16.8. The number of rotatable bonds is 3. The van der Waals surface area contributed by atoms with Gasteiger partial charge in [-0.3, -0.25) is 0 Å². The van der Waals surface area contributed by atoms with Crippen molar-refractivity contribution in [2.24, 2.45) is 0 Å². The molecule has 92 valence electrons. The average Bonchev–Trinajstić information content (AvgIpc) is 2.30. The zero-order valence-corrected chi connectivity index (χ0v) is 10.3. The summed E-state index contributed by atoms with van der Waals surface area (Å²) in [5.41, 5.74) is 0.816. The second-order valence-electron chi connectivity index (χ2n) is 4.45. The fourth-order valence-corrected chi connectivity index (χ4v) is 2.58. The first-order valence-corrected chi connectivity index (χ1v) is 6.34. The molecule has 0 spiro atoms. The number of aromatic carboxylic acids is 1. The molecule has 0 atom stereocenters. The molecule has 1 aliphatic carbocycles. The number of carbonyl (C=O) groups is 1. The van der Waals surface area contributed by atoms with Crippen LogP contribution in [0.2, 0.25) is 5.02 Å². The predicted molar refractivity (Wildman–Crippen MR) is 68.9 cm³/mol. The Morgan fingerprint density at radius 2 is 2.00 bits per heavy atom. The van der Waals surface area contributed by atoms with Crippen molar-refractivity contribution >= 4 is 23.3 Å². The molecule has 1 fully saturated rings. The lowest BCUT2D eigenvalue weighted by atomic mass is 9.95. The van der Waals surface area contributed by atoms with E-state index in [1.54, 1.807) is 18.2 Å². The van der Waals surface area contributed by atoms with Gasteiger partial charge < -0.3 is 10.4 Å². The standard InChI is InChI=1S/C13H16ClNO2/c14-10-7-4-8-11(12(10)13(16)17)15-9-5-2-1-3-6-9/h4,7-9,15H,1-3,5-6H2,(H,16,17). The molecule has 0 aliphatic heterocycles. The predicted octanol–water partition coefficient (Wildman–Crippen LogP) is 3.78. The van der Waals surface area contributed by atoms with E-state index in [1.807, 2.05) is 0 Å². The molecule has 0 unspecified atom stereocenters. The highest BCUT2D eigenvalue weighted by Crippen LogP contribution is 2.27. The highest BCUT2D eigenvalue weighted by atomic mass is 35.5. The van der Waals surface area contributed by atoms with Gasteiger partial charge in [0.2, 0.25) is 0 Å². The SMILES string of the molecule is O=C(O)c1c(Cl)cccc1NC1CCCCC1. The lowest BCUT2D eigenvalue weighted by Crippen LogP contribution is -2.23. The Balaban J connectivity index is 2.19. The maximum absolute atomic E-state index is 11.2. The lowest BCUT2D eigenvalue weighted by Gasteiger charge is -2.24. The molecule has 3 nitrogen and oxygen atoms in total. The van der Waals surface area contributed by atoms with Crippen molar-refractivity contribution in [3.05, 3.63) is 28.8 Å². The first-order valence-electron chi connectivity index (χ1n) is 5.97. The highest BCUT2D eigenvalue weighted by Gasteiger charge is 2.18. The fraction of sp³-hybridized carbons (Fsp3) is 0.462. The summed E-state index contributed by atoms with van der Waals surface area (Å²) in [4.78, 5) is 11.2. The van der Waals surface area contributed by atoms with Crippen LogP contribution in [0.25, 0.3) is 0 Å². The van der Waals surface area contributed by atoms with E-state index in [2.05, 4.69) is 5.32 Å². The Morgan fingerprint density at radius 1 is 1.29 bits per heavy atom. The molecule has 0 bridgehead atoms. The molecule has 2 N–H and O–H groups in total. The second kappa shape index (κ2) is 5.41. The number of anilines is 1. The van der Waals surface area contributed by atoms with Gasteiger partial charge >= 0.3 is 5.97 Å². The van der Waals surface area contributed by atoms with Crippen molar-refractivity contribution in [1.29, 1.82) is 0 Å². The van der Waals surface area contributed by atoms with Gasteiger partial charge in [0.15, 0.2) is 0 Å². The number of hydrogen-bond acceptors (Lipinski definition) is 2. The summed E-state index contributed by atoms with van der Waals surface area (Å²) in [5, 5.41) is 12.7. The maximum Gasteiger partial charge on any atom is 0.339 e. The number of nitrogens with one attached hydrogen (secondary N) is 1. The molecule has 1 aromatic carbocycles. The molecule has 0 heterocycles. The molecule has 1 aliphatic rings. The van der Waals surface area contributed by atoms with E-state index in [-0.39, 0.29) is 5.56 Å². The Labute approximate surface area is 106 Å². The van der Waals surface area contributed by atoms with Crippen molar-refractivity contribution < 1.29 is 9.90 Å². The second-order valence-corrected chi connectivity index (χ2v) is 4.85. The Morgan fingerprint density at radius 3 is 2.65 bits per heavy atom. The minimum atomic E-state index is -0.978. The third kappa shape index (κ3) is 2.91. The molecule has 0 aromatic heterocycles. The number of halogens is 1. The van der Waals surface area contributed by atoms with E-state index in [4.69, 9.17) is 16.7 Å². The molecule has 1 aromatic rings. The van der Waals surface area contributed by atoms with Gasteiger partial charge in [0.25, 0.3) is 0 Å². The Kier molecular flexibility index (Phi) is 3.89. The van der Waals surface area contributed by atoms with Gasteiger partial charge in [-0.25, -0.2) is 4.79 Å². The van der Waals surface area contributed by atoms with Gasteiger partial charge in [0, 0.05) is 6.04 Å². The van der Waals surface area contributed by atoms with Crippen LogP contribution in [0.3, 0.4) is 0 Å². The van der Waals surface area contributed by atoms with Gasteiger partial charge in [-0.2, -0.15) is 0 Å². The maximum atomic E-state index is 11.2. The van der Waals surface area contributed by atoms with Crippen LogP contribution in [0.1, 0.15) is 42.5 Å². The first-order chi connectivity index (χ1) is 8.18. The highest BCUT2D eigenvalue weighted by molar-refractivity contribution is 6.34. The smallest absolute Gasteiger partial charge is 0.339 e. The zero-order chi connectivity index (χ0) is 12.3. The quantitative estimate of drug-likeness (QED) is 0.862. The van der Waals surface area contributed by atoms with Crippen molar-refractivity contribution in [3.63, 3.8) is 0 Å². The van der Waals surface area contributed by atoms with Gasteiger partial charge in [0.05, 0.1) is 10.7 Å². The van der Waals surface area contributed by atoms with Gasteiger partial charge in [0.1, 0.15) is 5.56 Å². The number of carboxylic acids is 1. The van der Waals surface area contributed by atoms with Crippen LogP contribution in [-0.4, -0.2) is 17.1 Å². The van der Waals surface area contributed by atoms with Crippen LogP contribution in [0.5, 0.6) is 0 Å². The Bertz CT molecular complexity index is 414. The summed E-state index contributed by atoms with van der Waals surface area (Å²) in [7, 11) is 0. The molecule has 4 heteroatoms. The number of hydrogen-bond donors (Lipinski definition) is 2. The molecule has 2 rings (SSSR count). The van der Waals surface area contributed by atoms with E-state index in [0.717, 1.165) is 12.8 Å². The van der Waals surface area contributed by atoms with E-state index in [0.29, 0.717) is 16.8 Å². The van der Waals surface area contributed by atoms with E-state index in [1.165, 1.54) is 19.3 Å². The lowest BCUT2D eigenvalue weighted by molar-refractivity contribution is 0.0698. The third-order valence-electron chi connectivity index (χ3n) is 3.19. The van der Waals surface area contributed by atoms with Crippen molar-refractivity contribution in [3.8, 4) is 0 Å². The molecule has 0 saturated heterocycles. The van der Waals surface area contributed by atoms with E-state index < -0.39 is 5.97 Å². The van der Waals surface area contributed by atoms with Crippen LogP contribution >= 0.6 is 11.6 Å². The summed E-state index contributed by atoms with van der Waals surface area (Å²) in [6.45, 7) is 0. The third-order valence-corrected chi connectivity index (χ3v) is 3.51. The monoisotopic (exact) mass is 253 g/mol. The van der Waals surface area contributed by atoms with E-state index in [9.17, 15) is 4.79 Å². The minimum Gasteiger partial charge on any atom is -0.478 e. The van der Waals surface area contributed by atoms with Crippen molar-refractivity contribution in [1.82, 2.24) is 0 Å². The van der Waals surface area contributed by atoms with E-state index >= 15 is 0 Å². The molecule has 1 saturated carbocycles. The molecule has 17 heavy (non-hydrogen) atoms. The zero-order valence-electron chi connectivity index (χ0n) is 9.58. The summed E-state index contributed by atoms with van der Waals surface area (Å²) < 4.78 is 0. The molecular formula is C13H16ClNO2. The summed E-state index contributed by atoms with van der Waals surface area (Å²) in [5.74, 6) is -0.978. The largest absolute Gasteiger partial charge is 0.478 e. The van der Waals surface area contributed by atoms with Crippen LogP contribution in [-0.2, 0) is 0 Å². The topological polar surface area (TPSA) is 49.3 Å². The molecular weight excluding hydrogens is 238 g/mol. The molecule has 0 radical (unpaired) electrons. The average molecular weight is 254 g/mol. The fourth-order valence-electron chi connectivity index (χ4n) is 2.33. The summed E-state index contributed by atoms with van der Waals surface area (Å²) >= 11 is 5.92. The Hall–Kier alpha value is -1.22. The molecule has 0 amide bonds. The van der Waals surface area contributed by atoms with Crippen LogP contribution in [0.4, 0.5) is 5.69 Å². The van der Waals surface area contributed by atoms with Gasteiger partial charge in [-0.1, -0.05) is 36.9 Å². The number of benzene rings is 1. The minimum absolute atomic E-state index is 0.180. The van der Waals surface area contributed by atoms with Crippen LogP contribution < -0.4 is 5.32 Å². The first kappa shape index (κ1) is 12.2. The van der Waals surface area contributed by atoms with Crippen LogP contribution in [0.15, 0.2) is 18.2 Å². The van der Waals surface area contributed by atoms with Crippen molar-refractivity contribution in [2.75, 3.05) is 5.32 Å². The van der Waals surface area contributed by atoms with Crippen molar-refractivity contribution in [2.45, 2.75) is 38.1 Å². The number of carboxylic acid groups (broad SMARTS) is 1.